The Morgan fingerprint density at radius 3 is 2.71 bits per heavy atom. The number of nitro benzene ring substituents is 1. The van der Waals surface area contributed by atoms with E-state index in [4.69, 9.17) is 0 Å². The molecule has 0 fully saturated rings. The van der Waals surface area contributed by atoms with Crippen LogP contribution in [0.25, 0.3) is 0 Å². The maximum absolute atomic E-state index is 11.1. The fourth-order valence-electron chi connectivity index (χ4n) is 0.997. The maximum atomic E-state index is 11.1. The fraction of sp³-hybridized carbons (Fsp3) is 0.125. The summed E-state index contributed by atoms with van der Waals surface area (Å²) in [7, 11) is 1.38. The van der Waals surface area contributed by atoms with Gasteiger partial charge in [0.15, 0.2) is 0 Å². The third-order valence-electron chi connectivity index (χ3n) is 1.68. The van der Waals surface area contributed by atoms with Gasteiger partial charge in [0.05, 0.1) is 10.5 Å². The Labute approximate surface area is 79.3 Å². The lowest BCUT2D eigenvalue weighted by Crippen LogP contribution is -2.18. The second kappa shape index (κ2) is 3.73. The number of phenols is 1. The van der Waals surface area contributed by atoms with Crippen molar-refractivity contribution in [2.75, 3.05) is 7.05 Å². The molecular formula is C8H8N2O4. The highest BCUT2D eigenvalue weighted by atomic mass is 16.6. The third-order valence-corrected chi connectivity index (χ3v) is 1.68. The van der Waals surface area contributed by atoms with E-state index in [1.54, 1.807) is 0 Å². The van der Waals surface area contributed by atoms with Crippen molar-refractivity contribution in [2.45, 2.75) is 0 Å². The molecule has 1 amide bonds. The summed E-state index contributed by atoms with van der Waals surface area (Å²) in [4.78, 5) is 20.8. The van der Waals surface area contributed by atoms with Gasteiger partial charge in [0.2, 0.25) is 5.75 Å². The van der Waals surface area contributed by atoms with Crippen LogP contribution in [0, 0.1) is 10.1 Å². The van der Waals surface area contributed by atoms with Gasteiger partial charge in [-0.2, -0.15) is 0 Å². The Hall–Kier alpha value is -2.11. The van der Waals surface area contributed by atoms with E-state index in [1.807, 2.05) is 0 Å². The molecule has 0 bridgehead atoms. The summed E-state index contributed by atoms with van der Waals surface area (Å²) in [6.45, 7) is 0. The van der Waals surface area contributed by atoms with E-state index in [2.05, 4.69) is 5.32 Å². The molecule has 1 rings (SSSR count). The topological polar surface area (TPSA) is 92.5 Å². The quantitative estimate of drug-likeness (QED) is 0.536. The molecule has 0 saturated heterocycles. The van der Waals surface area contributed by atoms with Gasteiger partial charge in [-0.15, -0.1) is 0 Å². The lowest BCUT2D eigenvalue weighted by atomic mass is 10.1. The summed E-state index contributed by atoms with van der Waals surface area (Å²) in [6, 6.07) is 3.77. The average Bonchev–Trinajstić information content (AvgIpc) is 2.16. The molecule has 0 saturated carbocycles. The molecule has 14 heavy (non-hydrogen) atoms. The van der Waals surface area contributed by atoms with Gasteiger partial charge < -0.3 is 10.4 Å². The highest BCUT2D eigenvalue weighted by Gasteiger charge is 2.19. The predicted octanol–water partition coefficient (Wildman–Crippen LogP) is 0.660. The zero-order chi connectivity index (χ0) is 10.7. The smallest absolute Gasteiger partial charge is 0.311 e. The summed E-state index contributed by atoms with van der Waals surface area (Å²) in [5.74, 6) is -1.18. The molecule has 0 aliphatic carbocycles. The molecule has 0 atom stereocenters. The molecule has 6 nitrogen and oxygen atoms in total. The van der Waals surface area contributed by atoms with E-state index in [9.17, 15) is 20.0 Å². The van der Waals surface area contributed by atoms with Crippen molar-refractivity contribution in [1.29, 1.82) is 0 Å². The van der Waals surface area contributed by atoms with Crippen LogP contribution in [0.3, 0.4) is 0 Å². The van der Waals surface area contributed by atoms with Crippen molar-refractivity contribution >= 4 is 11.6 Å². The molecule has 6 heteroatoms. The summed E-state index contributed by atoms with van der Waals surface area (Å²) in [6.07, 6.45) is 0. The Kier molecular flexibility index (Phi) is 2.66. The van der Waals surface area contributed by atoms with Crippen molar-refractivity contribution in [1.82, 2.24) is 5.32 Å². The fourth-order valence-corrected chi connectivity index (χ4v) is 0.997. The minimum atomic E-state index is -0.748. The maximum Gasteiger partial charge on any atom is 0.311 e. The molecule has 0 aliphatic heterocycles. The predicted molar refractivity (Wildman–Crippen MR) is 48.2 cm³/mol. The number of carbonyl (C=O) groups is 1. The molecule has 0 heterocycles. The molecule has 0 spiro atoms. The van der Waals surface area contributed by atoms with E-state index in [0.29, 0.717) is 0 Å². The number of nitro groups is 1. The molecule has 1 aromatic carbocycles. The molecule has 2 N–H and O–H groups in total. The number of benzene rings is 1. The summed E-state index contributed by atoms with van der Waals surface area (Å²) < 4.78 is 0. The number of nitrogens with zero attached hydrogens (tertiary/aromatic N) is 1. The lowest BCUT2D eigenvalue weighted by molar-refractivity contribution is -0.385. The van der Waals surface area contributed by atoms with Crippen LogP contribution in [0.1, 0.15) is 10.4 Å². The molecule has 0 unspecified atom stereocenters. The van der Waals surface area contributed by atoms with Crippen molar-refractivity contribution in [3.05, 3.63) is 33.9 Å². The summed E-state index contributed by atoms with van der Waals surface area (Å²) >= 11 is 0. The van der Waals surface area contributed by atoms with Crippen LogP contribution in [0.5, 0.6) is 5.75 Å². The second-order valence-corrected chi connectivity index (χ2v) is 2.51. The number of amides is 1. The second-order valence-electron chi connectivity index (χ2n) is 2.51. The first-order chi connectivity index (χ1) is 6.57. The number of para-hydroxylation sites is 1. The van der Waals surface area contributed by atoms with Crippen molar-refractivity contribution in [2.24, 2.45) is 0 Å². The summed E-state index contributed by atoms with van der Waals surface area (Å²) in [5.41, 5.74) is -0.590. The average molecular weight is 196 g/mol. The molecule has 0 aliphatic rings. The van der Waals surface area contributed by atoms with E-state index in [0.717, 1.165) is 6.07 Å². The van der Waals surface area contributed by atoms with Crippen molar-refractivity contribution in [3.63, 3.8) is 0 Å². The first-order valence-corrected chi connectivity index (χ1v) is 3.76. The van der Waals surface area contributed by atoms with Gasteiger partial charge in [0, 0.05) is 13.1 Å². The first-order valence-electron chi connectivity index (χ1n) is 3.76. The van der Waals surface area contributed by atoms with Crippen LogP contribution in [0.15, 0.2) is 18.2 Å². The Bertz CT molecular complexity index is 389. The van der Waals surface area contributed by atoms with Crippen LogP contribution < -0.4 is 5.32 Å². The number of carbonyl (C=O) groups excluding carboxylic acids is 1. The third kappa shape index (κ3) is 1.63. The number of phenolic OH excluding ortho intramolecular Hbond substituents is 1. The monoisotopic (exact) mass is 196 g/mol. The minimum Gasteiger partial charge on any atom is -0.502 e. The molecular weight excluding hydrogens is 188 g/mol. The van der Waals surface area contributed by atoms with E-state index < -0.39 is 22.3 Å². The molecule has 0 aromatic heterocycles. The first kappa shape index (κ1) is 9.97. The van der Waals surface area contributed by atoms with Gasteiger partial charge >= 0.3 is 5.69 Å². The number of hydrogen-bond acceptors (Lipinski definition) is 4. The molecule has 1 aromatic rings. The van der Waals surface area contributed by atoms with Crippen molar-refractivity contribution < 1.29 is 14.8 Å². The van der Waals surface area contributed by atoms with Gasteiger partial charge in [-0.1, -0.05) is 6.07 Å². The van der Waals surface area contributed by atoms with Crippen LogP contribution >= 0.6 is 0 Å². The zero-order valence-corrected chi connectivity index (χ0v) is 7.35. The standard InChI is InChI=1S/C8H8N2O4/c1-9-8(12)5-3-2-4-6(7(5)11)10(13)14/h2-4,11H,1H3,(H,9,12). The number of nitrogens with one attached hydrogen (secondary N) is 1. The minimum absolute atomic E-state index is 0.110. The molecule has 74 valence electrons. The SMILES string of the molecule is CNC(=O)c1cccc([N+](=O)[O-])c1O. The van der Waals surface area contributed by atoms with E-state index in [1.165, 1.54) is 19.2 Å². The number of rotatable bonds is 2. The highest BCUT2D eigenvalue weighted by Crippen LogP contribution is 2.28. The van der Waals surface area contributed by atoms with Gasteiger partial charge in [-0.05, 0) is 6.07 Å². The van der Waals surface area contributed by atoms with Crippen LogP contribution in [0.2, 0.25) is 0 Å². The number of hydrogen-bond donors (Lipinski definition) is 2. The summed E-state index contributed by atoms with van der Waals surface area (Å²) in [5, 5.41) is 22.0. The van der Waals surface area contributed by atoms with Crippen molar-refractivity contribution in [3.8, 4) is 5.75 Å². The Balaban J connectivity index is 3.27. The molecule has 0 radical (unpaired) electrons. The van der Waals surface area contributed by atoms with Gasteiger partial charge in [-0.25, -0.2) is 0 Å². The lowest BCUT2D eigenvalue weighted by Gasteiger charge is -2.02. The van der Waals surface area contributed by atoms with Crippen LogP contribution in [-0.4, -0.2) is 23.0 Å². The highest BCUT2D eigenvalue weighted by molar-refractivity contribution is 5.97. The van der Waals surface area contributed by atoms with E-state index in [-0.39, 0.29) is 5.56 Å². The normalized spacial score (nSPS) is 9.50. The van der Waals surface area contributed by atoms with Gasteiger partial charge in [-0.3, -0.25) is 14.9 Å². The van der Waals surface area contributed by atoms with Crippen LogP contribution in [-0.2, 0) is 0 Å². The van der Waals surface area contributed by atoms with Gasteiger partial charge in [0.1, 0.15) is 0 Å². The van der Waals surface area contributed by atoms with Crippen LogP contribution in [0.4, 0.5) is 5.69 Å². The Morgan fingerprint density at radius 2 is 2.21 bits per heavy atom. The Morgan fingerprint density at radius 1 is 1.57 bits per heavy atom. The van der Waals surface area contributed by atoms with E-state index >= 15 is 0 Å². The zero-order valence-electron chi connectivity index (χ0n) is 7.35. The van der Waals surface area contributed by atoms with Gasteiger partial charge in [0.25, 0.3) is 5.91 Å². The largest absolute Gasteiger partial charge is 0.502 e. The number of aromatic hydroxyl groups is 1.